The Morgan fingerprint density at radius 1 is 1.33 bits per heavy atom. The highest BCUT2D eigenvalue weighted by molar-refractivity contribution is 7.86. The van der Waals surface area contributed by atoms with E-state index in [0.29, 0.717) is 0 Å². The maximum absolute atomic E-state index is 13.6. The first-order chi connectivity index (χ1) is 8.29. The molecule has 0 aliphatic heterocycles. The van der Waals surface area contributed by atoms with Crippen LogP contribution in [0.4, 0.5) is 4.39 Å². The second-order valence-electron chi connectivity index (χ2n) is 3.86. The Balaban J connectivity index is 2.82. The van der Waals surface area contributed by atoms with Gasteiger partial charge in [-0.25, -0.2) is 4.39 Å². The van der Waals surface area contributed by atoms with Gasteiger partial charge < -0.3 is 8.75 Å². The van der Waals surface area contributed by atoms with E-state index in [9.17, 15) is 17.6 Å². The second kappa shape index (κ2) is 4.09. The Morgan fingerprint density at radius 2 is 2.00 bits per heavy atom. The van der Waals surface area contributed by atoms with E-state index in [2.05, 4.69) is 4.18 Å². The van der Waals surface area contributed by atoms with Crippen molar-refractivity contribution in [2.75, 3.05) is 6.26 Å². The summed E-state index contributed by atoms with van der Waals surface area (Å²) in [5, 5.41) is 0.0682. The van der Waals surface area contributed by atoms with Crippen molar-refractivity contribution >= 4 is 21.0 Å². The highest BCUT2D eigenvalue weighted by Gasteiger charge is 2.14. The van der Waals surface area contributed by atoms with Gasteiger partial charge in [0.1, 0.15) is 5.82 Å². The summed E-state index contributed by atoms with van der Waals surface area (Å²) in [4.78, 5) is 11.9. The normalized spacial score (nSPS) is 11.7. The van der Waals surface area contributed by atoms with Gasteiger partial charge in [-0.15, -0.1) is 0 Å². The Kier molecular flexibility index (Phi) is 2.86. The van der Waals surface area contributed by atoms with E-state index >= 15 is 0 Å². The monoisotopic (exact) mass is 271 g/mol. The van der Waals surface area contributed by atoms with Crippen LogP contribution in [0.2, 0.25) is 0 Å². The number of hydrogen-bond donors (Lipinski definition) is 0. The minimum Gasteiger partial charge on any atom is -0.377 e. The molecule has 0 radical (unpaired) electrons. The molecule has 0 amide bonds. The molecular weight excluding hydrogens is 261 g/mol. The minimum atomic E-state index is -3.80. The van der Waals surface area contributed by atoms with Gasteiger partial charge in [-0.2, -0.15) is 8.42 Å². The maximum Gasteiger partial charge on any atom is 0.306 e. The predicted octanol–water partition coefficient (Wildman–Crippen LogP) is 1.02. The SMILES string of the molecule is Cn1cc(OS(C)(=O)=O)c(=O)c2cccc(F)c21. The van der Waals surface area contributed by atoms with Crippen molar-refractivity contribution in [3.05, 3.63) is 40.4 Å². The Labute approximate surface area is 103 Å². The van der Waals surface area contributed by atoms with Crippen molar-refractivity contribution in [3.8, 4) is 5.75 Å². The van der Waals surface area contributed by atoms with Crippen LogP contribution in [0.1, 0.15) is 0 Å². The standard InChI is InChI=1S/C11H10FNO4S/c1-13-6-9(17-18(2,15)16)11(14)7-4-3-5-8(12)10(7)13/h3-6H,1-2H3. The zero-order valence-electron chi connectivity index (χ0n) is 9.68. The fourth-order valence-corrected chi connectivity index (χ4v) is 2.16. The van der Waals surface area contributed by atoms with Crippen molar-refractivity contribution < 1.29 is 17.0 Å². The van der Waals surface area contributed by atoms with Crippen LogP contribution >= 0.6 is 0 Å². The topological polar surface area (TPSA) is 65.4 Å². The van der Waals surface area contributed by atoms with E-state index in [1.54, 1.807) is 0 Å². The molecule has 0 aliphatic rings. The first-order valence-corrected chi connectivity index (χ1v) is 6.78. The maximum atomic E-state index is 13.6. The highest BCUT2D eigenvalue weighted by Crippen LogP contribution is 2.18. The van der Waals surface area contributed by atoms with Crippen LogP contribution in [0.15, 0.2) is 29.2 Å². The van der Waals surface area contributed by atoms with E-state index in [1.807, 2.05) is 0 Å². The van der Waals surface area contributed by atoms with Gasteiger partial charge in [0, 0.05) is 7.05 Å². The van der Waals surface area contributed by atoms with Crippen LogP contribution in [-0.4, -0.2) is 19.2 Å². The van der Waals surface area contributed by atoms with Crippen LogP contribution in [0.25, 0.3) is 10.9 Å². The summed E-state index contributed by atoms with van der Waals surface area (Å²) < 4.78 is 41.5. The third kappa shape index (κ3) is 2.21. The van der Waals surface area contributed by atoms with E-state index in [0.717, 1.165) is 12.5 Å². The molecule has 1 aromatic carbocycles. The fraction of sp³-hybridized carbons (Fsp3) is 0.182. The van der Waals surface area contributed by atoms with Crippen molar-refractivity contribution in [2.45, 2.75) is 0 Å². The molecular formula is C11H10FNO4S. The van der Waals surface area contributed by atoms with E-state index in [4.69, 9.17) is 0 Å². The molecule has 18 heavy (non-hydrogen) atoms. The first kappa shape index (κ1) is 12.6. The van der Waals surface area contributed by atoms with Gasteiger partial charge in [-0.1, -0.05) is 6.07 Å². The van der Waals surface area contributed by atoms with Gasteiger partial charge in [-0.3, -0.25) is 4.79 Å². The summed E-state index contributed by atoms with van der Waals surface area (Å²) in [6.07, 6.45) is 1.98. The summed E-state index contributed by atoms with van der Waals surface area (Å²) in [7, 11) is -2.30. The van der Waals surface area contributed by atoms with Crippen LogP contribution < -0.4 is 9.61 Å². The molecule has 7 heteroatoms. The molecule has 96 valence electrons. The number of nitrogens with zero attached hydrogens (tertiary/aromatic N) is 1. The van der Waals surface area contributed by atoms with E-state index in [1.165, 1.54) is 29.8 Å². The molecule has 1 heterocycles. The lowest BCUT2D eigenvalue weighted by Gasteiger charge is -2.09. The average Bonchev–Trinajstić information content (AvgIpc) is 2.23. The smallest absolute Gasteiger partial charge is 0.306 e. The lowest BCUT2D eigenvalue weighted by molar-refractivity contribution is 0.488. The number of benzene rings is 1. The summed E-state index contributed by atoms with van der Waals surface area (Å²) >= 11 is 0. The number of aryl methyl sites for hydroxylation is 1. The Morgan fingerprint density at radius 3 is 2.61 bits per heavy atom. The number of fused-ring (bicyclic) bond motifs is 1. The zero-order chi connectivity index (χ0) is 13.5. The third-order valence-corrected chi connectivity index (χ3v) is 2.84. The molecule has 0 saturated heterocycles. The molecule has 0 bridgehead atoms. The van der Waals surface area contributed by atoms with Crippen LogP contribution in [0, 0.1) is 5.82 Å². The molecule has 2 rings (SSSR count). The Bertz CT molecular complexity index is 779. The summed E-state index contributed by atoms with van der Waals surface area (Å²) in [6, 6.07) is 4.01. The van der Waals surface area contributed by atoms with Gasteiger partial charge >= 0.3 is 10.1 Å². The summed E-state index contributed by atoms with van der Waals surface area (Å²) in [5.74, 6) is -0.906. The van der Waals surface area contributed by atoms with Gasteiger partial charge in [-0.05, 0) is 12.1 Å². The van der Waals surface area contributed by atoms with Crippen molar-refractivity contribution in [1.82, 2.24) is 4.57 Å². The van der Waals surface area contributed by atoms with Crippen LogP contribution in [-0.2, 0) is 17.2 Å². The van der Waals surface area contributed by atoms with Crippen molar-refractivity contribution in [1.29, 1.82) is 0 Å². The molecule has 0 saturated carbocycles. The molecule has 0 atom stereocenters. The quantitative estimate of drug-likeness (QED) is 0.765. The van der Waals surface area contributed by atoms with Crippen LogP contribution in [0.5, 0.6) is 5.75 Å². The van der Waals surface area contributed by atoms with Gasteiger partial charge in [0.15, 0.2) is 0 Å². The Hall–Kier alpha value is -1.89. The number of rotatable bonds is 2. The number of halogens is 1. The summed E-state index contributed by atoms with van der Waals surface area (Å²) in [5.41, 5.74) is -0.559. The van der Waals surface area contributed by atoms with Crippen molar-refractivity contribution in [3.63, 3.8) is 0 Å². The summed E-state index contributed by atoms with van der Waals surface area (Å²) in [6.45, 7) is 0. The molecule has 1 aromatic heterocycles. The first-order valence-electron chi connectivity index (χ1n) is 4.97. The third-order valence-electron chi connectivity index (χ3n) is 2.36. The van der Waals surface area contributed by atoms with Gasteiger partial charge in [0.25, 0.3) is 0 Å². The lowest BCUT2D eigenvalue weighted by atomic mass is 10.2. The molecule has 0 aliphatic carbocycles. The molecule has 0 spiro atoms. The van der Waals surface area contributed by atoms with Crippen molar-refractivity contribution in [2.24, 2.45) is 7.05 Å². The van der Waals surface area contributed by atoms with Gasteiger partial charge in [0.2, 0.25) is 11.2 Å². The molecule has 0 unspecified atom stereocenters. The largest absolute Gasteiger partial charge is 0.377 e. The minimum absolute atomic E-state index is 0.0682. The van der Waals surface area contributed by atoms with E-state index in [-0.39, 0.29) is 16.7 Å². The van der Waals surface area contributed by atoms with Crippen LogP contribution in [0.3, 0.4) is 0 Å². The number of hydrogen-bond acceptors (Lipinski definition) is 4. The zero-order valence-corrected chi connectivity index (χ0v) is 10.5. The number of para-hydroxylation sites is 1. The number of aromatic nitrogens is 1. The molecule has 0 N–H and O–H groups in total. The lowest BCUT2D eigenvalue weighted by Crippen LogP contribution is -2.16. The van der Waals surface area contributed by atoms with E-state index < -0.39 is 21.4 Å². The number of pyridine rings is 1. The average molecular weight is 271 g/mol. The highest BCUT2D eigenvalue weighted by atomic mass is 32.2. The van der Waals surface area contributed by atoms with Gasteiger partial charge in [0.05, 0.1) is 23.4 Å². The molecule has 0 fully saturated rings. The molecule has 2 aromatic rings. The predicted molar refractivity (Wildman–Crippen MR) is 64.6 cm³/mol. The fourth-order valence-electron chi connectivity index (χ4n) is 1.71. The molecule has 5 nitrogen and oxygen atoms in total. The second-order valence-corrected chi connectivity index (χ2v) is 5.43.